The monoisotopic (exact) mass is 285 g/mol. The minimum atomic E-state index is -0.814. The van der Waals surface area contributed by atoms with Gasteiger partial charge >= 0.3 is 5.97 Å². The Kier molecular flexibility index (Phi) is 6.46. The summed E-state index contributed by atoms with van der Waals surface area (Å²) in [7, 11) is 0. The van der Waals surface area contributed by atoms with Crippen molar-refractivity contribution in [3.8, 4) is 0 Å². The van der Waals surface area contributed by atoms with Gasteiger partial charge in [0.25, 0.3) is 0 Å². The Bertz CT molecular complexity index is 335. The van der Waals surface area contributed by atoms with E-state index >= 15 is 0 Å². The van der Waals surface area contributed by atoms with Crippen LogP contribution in [0.2, 0.25) is 0 Å². The second kappa shape index (κ2) is 7.62. The molecule has 20 heavy (non-hydrogen) atoms. The van der Waals surface area contributed by atoms with Gasteiger partial charge in [0.05, 0.1) is 6.42 Å². The SMILES string of the molecule is CC(C)N(CCCO)C(=O)CC1(CC(=O)O)CCCC1. The summed E-state index contributed by atoms with van der Waals surface area (Å²) in [5, 5.41) is 18.0. The first-order chi connectivity index (χ1) is 9.40. The Balaban J connectivity index is 2.70. The average molecular weight is 285 g/mol. The van der Waals surface area contributed by atoms with Crippen LogP contribution in [0.25, 0.3) is 0 Å². The lowest BCUT2D eigenvalue weighted by Gasteiger charge is -2.32. The fourth-order valence-corrected chi connectivity index (χ4v) is 3.20. The summed E-state index contributed by atoms with van der Waals surface area (Å²) in [6, 6.07) is 0.0809. The maximum atomic E-state index is 12.5. The fourth-order valence-electron chi connectivity index (χ4n) is 3.20. The van der Waals surface area contributed by atoms with Crippen LogP contribution in [0.4, 0.5) is 0 Å². The largest absolute Gasteiger partial charge is 0.481 e. The van der Waals surface area contributed by atoms with Gasteiger partial charge in [-0.2, -0.15) is 0 Å². The molecule has 1 saturated carbocycles. The number of aliphatic carboxylic acids is 1. The van der Waals surface area contributed by atoms with Crippen LogP contribution in [0.3, 0.4) is 0 Å². The highest BCUT2D eigenvalue weighted by Gasteiger charge is 2.39. The average Bonchev–Trinajstić information content (AvgIpc) is 2.76. The Morgan fingerprint density at radius 2 is 1.80 bits per heavy atom. The fraction of sp³-hybridized carbons (Fsp3) is 0.867. The van der Waals surface area contributed by atoms with Crippen molar-refractivity contribution in [3.63, 3.8) is 0 Å². The van der Waals surface area contributed by atoms with Crippen LogP contribution in [0.15, 0.2) is 0 Å². The Labute approximate surface area is 121 Å². The topological polar surface area (TPSA) is 77.8 Å². The quantitative estimate of drug-likeness (QED) is 0.715. The number of nitrogens with zero attached hydrogens (tertiary/aromatic N) is 1. The van der Waals surface area contributed by atoms with Crippen molar-refractivity contribution >= 4 is 11.9 Å². The molecule has 0 bridgehead atoms. The molecule has 116 valence electrons. The number of carboxylic acid groups (broad SMARTS) is 1. The molecule has 2 N–H and O–H groups in total. The highest BCUT2D eigenvalue weighted by Crippen LogP contribution is 2.44. The lowest BCUT2D eigenvalue weighted by molar-refractivity contribution is -0.142. The first-order valence-electron chi connectivity index (χ1n) is 7.52. The standard InChI is InChI=1S/C15H27NO4/c1-12(2)16(8-5-9-17)13(18)10-15(11-14(19)20)6-3-4-7-15/h12,17H,3-11H2,1-2H3,(H,19,20). The lowest BCUT2D eigenvalue weighted by atomic mass is 9.79. The summed E-state index contributed by atoms with van der Waals surface area (Å²) >= 11 is 0. The van der Waals surface area contributed by atoms with Crippen molar-refractivity contribution in [2.75, 3.05) is 13.2 Å². The Hall–Kier alpha value is -1.10. The van der Waals surface area contributed by atoms with Crippen molar-refractivity contribution in [2.24, 2.45) is 5.41 Å². The Morgan fingerprint density at radius 1 is 1.20 bits per heavy atom. The maximum absolute atomic E-state index is 12.5. The molecular formula is C15H27NO4. The third-order valence-electron chi connectivity index (χ3n) is 4.22. The molecule has 0 aromatic heterocycles. The minimum Gasteiger partial charge on any atom is -0.481 e. The van der Waals surface area contributed by atoms with Crippen LogP contribution < -0.4 is 0 Å². The smallest absolute Gasteiger partial charge is 0.303 e. The number of aliphatic hydroxyl groups is 1. The highest BCUT2D eigenvalue weighted by atomic mass is 16.4. The predicted molar refractivity (Wildman–Crippen MR) is 76.3 cm³/mol. The van der Waals surface area contributed by atoms with Crippen LogP contribution in [-0.2, 0) is 9.59 Å². The van der Waals surface area contributed by atoms with Crippen LogP contribution >= 0.6 is 0 Å². The van der Waals surface area contributed by atoms with E-state index in [1.807, 2.05) is 13.8 Å². The summed E-state index contributed by atoms with van der Waals surface area (Å²) in [5.74, 6) is -0.789. The summed E-state index contributed by atoms with van der Waals surface area (Å²) in [5.41, 5.74) is -0.352. The van der Waals surface area contributed by atoms with Gasteiger partial charge in [-0.3, -0.25) is 9.59 Å². The number of carbonyl (C=O) groups excluding carboxylic acids is 1. The van der Waals surface area contributed by atoms with E-state index in [0.717, 1.165) is 25.7 Å². The van der Waals surface area contributed by atoms with E-state index in [-0.39, 0.29) is 30.4 Å². The number of amides is 1. The van der Waals surface area contributed by atoms with Crippen molar-refractivity contribution in [3.05, 3.63) is 0 Å². The molecule has 1 fully saturated rings. The summed E-state index contributed by atoms with van der Waals surface area (Å²) in [4.78, 5) is 25.3. The van der Waals surface area contributed by atoms with Crippen molar-refractivity contribution in [1.29, 1.82) is 0 Å². The van der Waals surface area contributed by atoms with Crippen LogP contribution in [0.5, 0.6) is 0 Å². The van der Waals surface area contributed by atoms with Gasteiger partial charge in [0, 0.05) is 25.6 Å². The molecule has 0 unspecified atom stereocenters. The molecule has 0 aromatic carbocycles. The molecule has 0 saturated heterocycles. The van der Waals surface area contributed by atoms with Gasteiger partial charge in [-0.15, -0.1) is 0 Å². The number of carbonyl (C=O) groups is 2. The molecule has 5 heteroatoms. The molecule has 1 amide bonds. The van der Waals surface area contributed by atoms with E-state index in [4.69, 9.17) is 10.2 Å². The highest BCUT2D eigenvalue weighted by molar-refractivity contribution is 5.78. The van der Waals surface area contributed by atoms with E-state index in [2.05, 4.69) is 0 Å². The number of hydrogen-bond acceptors (Lipinski definition) is 3. The number of rotatable bonds is 8. The van der Waals surface area contributed by atoms with Gasteiger partial charge in [-0.25, -0.2) is 0 Å². The number of carboxylic acids is 1. The minimum absolute atomic E-state index is 0.0246. The second-order valence-corrected chi connectivity index (χ2v) is 6.21. The number of hydrogen-bond donors (Lipinski definition) is 2. The first-order valence-corrected chi connectivity index (χ1v) is 7.52. The normalized spacial score (nSPS) is 17.4. The van der Waals surface area contributed by atoms with Crippen LogP contribution in [0.1, 0.15) is 58.8 Å². The molecule has 0 heterocycles. The summed E-state index contributed by atoms with van der Waals surface area (Å²) in [6.45, 7) is 4.51. The van der Waals surface area contributed by atoms with Crippen molar-refractivity contribution < 1.29 is 19.8 Å². The van der Waals surface area contributed by atoms with Gasteiger partial charge in [0.15, 0.2) is 0 Å². The van der Waals surface area contributed by atoms with Gasteiger partial charge in [0.1, 0.15) is 0 Å². The molecule has 1 aliphatic rings. The lowest BCUT2D eigenvalue weighted by Crippen LogP contribution is -2.41. The van der Waals surface area contributed by atoms with Gasteiger partial charge in [-0.05, 0) is 38.5 Å². The van der Waals surface area contributed by atoms with E-state index in [1.165, 1.54) is 0 Å². The van der Waals surface area contributed by atoms with Gasteiger partial charge < -0.3 is 15.1 Å². The molecule has 0 radical (unpaired) electrons. The molecule has 0 aromatic rings. The van der Waals surface area contributed by atoms with Crippen LogP contribution in [-0.4, -0.2) is 46.2 Å². The predicted octanol–water partition coefficient (Wildman–Crippen LogP) is 2.03. The molecule has 0 aliphatic heterocycles. The third kappa shape index (κ3) is 4.78. The van der Waals surface area contributed by atoms with Crippen LogP contribution in [0, 0.1) is 5.41 Å². The van der Waals surface area contributed by atoms with E-state index in [9.17, 15) is 9.59 Å². The molecule has 0 spiro atoms. The van der Waals surface area contributed by atoms with Gasteiger partial charge in [0.2, 0.25) is 5.91 Å². The third-order valence-corrected chi connectivity index (χ3v) is 4.22. The second-order valence-electron chi connectivity index (χ2n) is 6.21. The molecule has 0 atom stereocenters. The summed E-state index contributed by atoms with van der Waals surface area (Å²) < 4.78 is 0. The zero-order valence-electron chi connectivity index (χ0n) is 12.6. The molecule has 1 aliphatic carbocycles. The van der Waals surface area contributed by atoms with Crippen molar-refractivity contribution in [1.82, 2.24) is 4.90 Å². The first kappa shape index (κ1) is 17.0. The maximum Gasteiger partial charge on any atom is 0.303 e. The zero-order chi connectivity index (χ0) is 15.2. The zero-order valence-corrected chi connectivity index (χ0v) is 12.6. The van der Waals surface area contributed by atoms with E-state index < -0.39 is 5.97 Å². The summed E-state index contributed by atoms with van der Waals surface area (Å²) in [6.07, 6.45) is 4.66. The Morgan fingerprint density at radius 3 is 2.25 bits per heavy atom. The van der Waals surface area contributed by atoms with E-state index in [0.29, 0.717) is 19.4 Å². The molecule has 1 rings (SSSR count). The number of aliphatic hydroxyl groups excluding tert-OH is 1. The van der Waals surface area contributed by atoms with Crippen molar-refractivity contribution in [2.45, 2.75) is 64.8 Å². The van der Waals surface area contributed by atoms with E-state index in [1.54, 1.807) is 4.90 Å². The molecule has 5 nitrogen and oxygen atoms in total. The molecular weight excluding hydrogens is 258 g/mol. The van der Waals surface area contributed by atoms with Gasteiger partial charge in [-0.1, -0.05) is 12.8 Å².